The van der Waals surface area contributed by atoms with Gasteiger partial charge in [-0.15, -0.1) is 0 Å². The average Bonchev–Trinajstić information content (AvgIpc) is 2.55. The van der Waals surface area contributed by atoms with E-state index < -0.39 is 0 Å². The highest BCUT2D eigenvalue weighted by Gasteiger charge is 2.05. The predicted octanol–water partition coefficient (Wildman–Crippen LogP) is 2.72. The lowest BCUT2D eigenvalue weighted by molar-refractivity contribution is 0.0937. The van der Waals surface area contributed by atoms with Crippen molar-refractivity contribution < 1.29 is 9.53 Å². The van der Waals surface area contributed by atoms with Crippen LogP contribution in [-0.4, -0.2) is 31.2 Å². The molecule has 1 amide bonds. The molecule has 2 N–H and O–H groups in total. The van der Waals surface area contributed by atoms with Gasteiger partial charge in [0.2, 0.25) is 0 Å². The minimum atomic E-state index is -0.159. The Morgan fingerprint density at radius 1 is 1.23 bits per heavy atom. The van der Waals surface area contributed by atoms with E-state index in [1.54, 1.807) is 25.4 Å². The van der Waals surface area contributed by atoms with Crippen molar-refractivity contribution in [2.24, 2.45) is 0 Å². The number of carbonyl (C=O) groups excluding carboxylic acids is 1. The third-order valence-electron chi connectivity index (χ3n) is 3.00. The van der Waals surface area contributed by atoms with E-state index in [0.717, 1.165) is 5.56 Å². The summed E-state index contributed by atoms with van der Waals surface area (Å²) in [5.41, 5.74) is 1.63. The molecule has 2 rings (SSSR count). The third kappa shape index (κ3) is 5.02. The molecule has 0 atom stereocenters. The fourth-order valence-corrected chi connectivity index (χ4v) is 1.92. The van der Waals surface area contributed by atoms with Gasteiger partial charge in [0.1, 0.15) is 5.82 Å². The van der Waals surface area contributed by atoms with Crippen LogP contribution in [0, 0.1) is 0 Å². The molecule has 0 fully saturated rings. The highest BCUT2D eigenvalue weighted by Crippen LogP contribution is 2.11. The molecule has 0 unspecified atom stereocenters. The molecule has 0 bridgehead atoms. The lowest BCUT2D eigenvalue weighted by atomic mass is 10.2. The van der Waals surface area contributed by atoms with Crippen LogP contribution in [0.2, 0.25) is 5.02 Å². The van der Waals surface area contributed by atoms with Gasteiger partial charge in [0.15, 0.2) is 0 Å². The maximum absolute atomic E-state index is 11.8. The van der Waals surface area contributed by atoms with E-state index >= 15 is 0 Å². The van der Waals surface area contributed by atoms with Crippen molar-refractivity contribution in [1.82, 2.24) is 10.3 Å². The Morgan fingerprint density at radius 2 is 2.00 bits per heavy atom. The number of aromatic nitrogens is 1. The van der Waals surface area contributed by atoms with E-state index in [2.05, 4.69) is 15.6 Å². The molecule has 116 valence electrons. The van der Waals surface area contributed by atoms with Gasteiger partial charge in [-0.3, -0.25) is 4.79 Å². The van der Waals surface area contributed by atoms with Crippen LogP contribution >= 0.6 is 11.6 Å². The molecule has 5 nitrogen and oxygen atoms in total. The Hall–Kier alpha value is -2.11. The number of rotatable bonds is 7. The van der Waals surface area contributed by atoms with Gasteiger partial charge in [0.05, 0.1) is 12.2 Å². The van der Waals surface area contributed by atoms with Crippen LogP contribution in [0.5, 0.6) is 0 Å². The molecule has 0 aliphatic rings. The van der Waals surface area contributed by atoms with E-state index in [-0.39, 0.29) is 5.91 Å². The Balaban J connectivity index is 1.86. The molecule has 0 saturated carbocycles. The van der Waals surface area contributed by atoms with Crippen molar-refractivity contribution in [3.63, 3.8) is 0 Å². The summed E-state index contributed by atoms with van der Waals surface area (Å²) in [6, 6.07) is 11.1. The lowest BCUT2D eigenvalue weighted by Gasteiger charge is -2.07. The first-order chi connectivity index (χ1) is 10.7. The van der Waals surface area contributed by atoms with Gasteiger partial charge >= 0.3 is 0 Å². The van der Waals surface area contributed by atoms with Gasteiger partial charge < -0.3 is 15.4 Å². The zero-order valence-corrected chi connectivity index (χ0v) is 13.1. The number of hydrogen-bond acceptors (Lipinski definition) is 4. The highest BCUT2D eigenvalue weighted by molar-refractivity contribution is 6.30. The van der Waals surface area contributed by atoms with Crippen LogP contribution in [0.15, 0.2) is 42.6 Å². The number of anilines is 1. The molecule has 0 aliphatic carbocycles. The number of carbonyl (C=O) groups is 1. The summed E-state index contributed by atoms with van der Waals surface area (Å²) in [6.07, 6.45) is 1.55. The van der Waals surface area contributed by atoms with E-state index in [9.17, 15) is 4.79 Å². The molecule has 22 heavy (non-hydrogen) atoms. The molecule has 1 aromatic heterocycles. The van der Waals surface area contributed by atoms with Crippen molar-refractivity contribution in [2.45, 2.75) is 6.54 Å². The van der Waals surface area contributed by atoms with E-state index in [4.69, 9.17) is 16.3 Å². The first kappa shape index (κ1) is 16.3. The van der Waals surface area contributed by atoms with Crippen LogP contribution in [0.3, 0.4) is 0 Å². The summed E-state index contributed by atoms with van der Waals surface area (Å²) in [7, 11) is 1.59. The summed E-state index contributed by atoms with van der Waals surface area (Å²) >= 11 is 5.84. The number of halogens is 1. The minimum Gasteiger partial charge on any atom is -0.383 e. The summed E-state index contributed by atoms with van der Waals surface area (Å²) in [4.78, 5) is 16.0. The van der Waals surface area contributed by atoms with Gasteiger partial charge in [-0.05, 0) is 29.8 Å². The standard InChI is InChI=1S/C16H18ClN3O2/c1-22-9-8-18-16(21)13-4-7-15(20-11-13)19-10-12-2-5-14(17)6-3-12/h2-7,11H,8-10H2,1H3,(H,18,21)(H,19,20). The van der Waals surface area contributed by atoms with Crippen LogP contribution in [0.4, 0.5) is 5.82 Å². The first-order valence-electron chi connectivity index (χ1n) is 6.90. The number of nitrogens with zero attached hydrogens (tertiary/aromatic N) is 1. The highest BCUT2D eigenvalue weighted by atomic mass is 35.5. The van der Waals surface area contributed by atoms with Crippen LogP contribution in [0.1, 0.15) is 15.9 Å². The van der Waals surface area contributed by atoms with Crippen LogP contribution in [-0.2, 0) is 11.3 Å². The Labute approximate surface area is 134 Å². The molecule has 1 heterocycles. The molecular weight excluding hydrogens is 302 g/mol. The minimum absolute atomic E-state index is 0.159. The van der Waals surface area contributed by atoms with Crippen molar-refractivity contribution in [3.8, 4) is 0 Å². The Morgan fingerprint density at radius 3 is 2.64 bits per heavy atom. The Kier molecular flexibility index (Phi) is 6.18. The van der Waals surface area contributed by atoms with E-state index in [0.29, 0.717) is 36.1 Å². The summed E-state index contributed by atoms with van der Waals surface area (Å²) in [5, 5.41) is 6.65. The SMILES string of the molecule is COCCNC(=O)c1ccc(NCc2ccc(Cl)cc2)nc1. The second-order valence-electron chi connectivity index (χ2n) is 4.66. The van der Waals surface area contributed by atoms with E-state index in [1.165, 1.54) is 0 Å². The van der Waals surface area contributed by atoms with Crippen LogP contribution < -0.4 is 10.6 Å². The van der Waals surface area contributed by atoms with Gasteiger partial charge in [0, 0.05) is 31.4 Å². The predicted molar refractivity (Wildman–Crippen MR) is 87.2 cm³/mol. The van der Waals surface area contributed by atoms with Crippen molar-refractivity contribution in [3.05, 3.63) is 58.7 Å². The number of hydrogen-bond donors (Lipinski definition) is 2. The second-order valence-corrected chi connectivity index (χ2v) is 5.10. The fraction of sp³-hybridized carbons (Fsp3) is 0.250. The molecule has 0 spiro atoms. The summed E-state index contributed by atoms with van der Waals surface area (Å²) < 4.78 is 4.88. The zero-order valence-electron chi connectivity index (χ0n) is 12.3. The topological polar surface area (TPSA) is 63.2 Å². The number of nitrogens with one attached hydrogen (secondary N) is 2. The molecule has 6 heteroatoms. The lowest BCUT2D eigenvalue weighted by Crippen LogP contribution is -2.27. The third-order valence-corrected chi connectivity index (χ3v) is 3.26. The van der Waals surface area contributed by atoms with Crippen molar-refractivity contribution in [2.75, 3.05) is 25.6 Å². The van der Waals surface area contributed by atoms with E-state index in [1.807, 2.05) is 24.3 Å². The first-order valence-corrected chi connectivity index (χ1v) is 7.28. The number of benzene rings is 1. The number of pyridine rings is 1. The molecular formula is C16H18ClN3O2. The van der Waals surface area contributed by atoms with Crippen molar-refractivity contribution >= 4 is 23.3 Å². The zero-order chi connectivity index (χ0) is 15.8. The quantitative estimate of drug-likeness (QED) is 0.770. The molecule has 0 radical (unpaired) electrons. The van der Waals surface area contributed by atoms with Gasteiger partial charge in [-0.1, -0.05) is 23.7 Å². The maximum atomic E-state index is 11.8. The second kappa shape index (κ2) is 8.36. The average molecular weight is 320 g/mol. The molecule has 2 aromatic rings. The van der Waals surface area contributed by atoms with Gasteiger partial charge in [-0.25, -0.2) is 4.98 Å². The molecule has 0 saturated heterocycles. The fourth-order valence-electron chi connectivity index (χ4n) is 1.80. The molecule has 1 aromatic carbocycles. The van der Waals surface area contributed by atoms with Crippen molar-refractivity contribution in [1.29, 1.82) is 0 Å². The van der Waals surface area contributed by atoms with Gasteiger partial charge in [0.25, 0.3) is 5.91 Å². The summed E-state index contributed by atoms with van der Waals surface area (Å²) in [6.45, 7) is 1.61. The smallest absolute Gasteiger partial charge is 0.252 e. The van der Waals surface area contributed by atoms with Crippen LogP contribution in [0.25, 0.3) is 0 Å². The monoisotopic (exact) mass is 319 g/mol. The molecule has 0 aliphatic heterocycles. The number of methoxy groups -OCH3 is 1. The Bertz CT molecular complexity index is 600. The van der Waals surface area contributed by atoms with Gasteiger partial charge in [-0.2, -0.15) is 0 Å². The summed E-state index contributed by atoms with van der Waals surface area (Å²) in [5.74, 6) is 0.553. The maximum Gasteiger partial charge on any atom is 0.252 e. The largest absolute Gasteiger partial charge is 0.383 e. The number of ether oxygens (including phenoxy) is 1. The normalized spacial score (nSPS) is 10.3. The number of amides is 1.